The molecule has 0 fully saturated rings. The van der Waals surface area contributed by atoms with E-state index in [4.69, 9.17) is 9.47 Å². The van der Waals surface area contributed by atoms with Gasteiger partial charge in [-0.3, -0.25) is 8.99 Å². The molecule has 0 spiro atoms. The van der Waals surface area contributed by atoms with Gasteiger partial charge in [-0.15, -0.1) is 5.10 Å². The van der Waals surface area contributed by atoms with Crippen LogP contribution < -0.4 is 13.8 Å². The maximum atomic E-state index is 13.4. The summed E-state index contributed by atoms with van der Waals surface area (Å²) in [6.07, 6.45) is 1.25. The molecule has 1 atom stereocenters. The van der Waals surface area contributed by atoms with Crippen LogP contribution in [0.4, 0.5) is 5.69 Å². The fraction of sp³-hybridized carbons (Fsp3) is 0.438. The number of sulfonamides is 1. The summed E-state index contributed by atoms with van der Waals surface area (Å²) in [7, 11) is -3.84. The topological polar surface area (TPSA) is 73.7 Å². The second-order valence-electron chi connectivity index (χ2n) is 5.66. The third-order valence-corrected chi connectivity index (χ3v) is 6.07. The Morgan fingerprint density at radius 1 is 1.40 bits per heavy atom. The summed E-state index contributed by atoms with van der Waals surface area (Å²) in [6.45, 7) is 6.64. The highest BCUT2D eigenvalue weighted by Crippen LogP contribution is 2.40. The number of benzene rings is 1. The molecule has 1 aromatic carbocycles. The number of fused-ring (bicyclic) bond motifs is 1. The summed E-state index contributed by atoms with van der Waals surface area (Å²) in [5, 5.41) is 4.22. The molecule has 1 aliphatic rings. The molecule has 0 unspecified atom stereocenters. The van der Waals surface area contributed by atoms with Crippen molar-refractivity contribution in [1.82, 2.24) is 9.78 Å². The van der Waals surface area contributed by atoms with Gasteiger partial charge in [-0.25, -0.2) is 8.42 Å². The lowest BCUT2D eigenvalue weighted by molar-refractivity contribution is 0.219. The lowest BCUT2D eigenvalue weighted by Gasteiger charge is -2.34. The van der Waals surface area contributed by atoms with E-state index in [9.17, 15) is 8.42 Å². The van der Waals surface area contributed by atoms with Crippen LogP contribution in [0.15, 0.2) is 33.8 Å². The molecule has 2 aromatic rings. The van der Waals surface area contributed by atoms with E-state index in [0.29, 0.717) is 24.6 Å². The van der Waals surface area contributed by atoms with Crippen LogP contribution in [-0.2, 0) is 16.6 Å². The Morgan fingerprint density at radius 3 is 2.84 bits per heavy atom. The van der Waals surface area contributed by atoms with E-state index in [1.54, 1.807) is 23.7 Å². The molecule has 136 valence electrons. The molecule has 1 aliphatic heterocycles. The number of hydrogen-bond donors (Lipinski definition) is 0. The lowest BCUT2D eigenvalue weighted by atomic mass is 10.2. The second kappa shape index (κ2) is 6.87. The van der Waals surface area contributed by atoms with Gasteiger partial charge in [-0.1, -0.05) is 15.9 Å². The van der Waals surface area contributed by atoms with Crippen LogP contribution in [0.2, 0.25) is 0 Å². The average molecular weight is 430 g/mol. The van der Waals surface area contributed by atoms with Crippen molar-refractivity contribution < 1.29 is 17.9 Å². The number of ether oxygens (including phenoxy) is 2. The van der Waals surface area contributed by atoms with E-state index in [1.165, 1.54) is 10.5 Å². The zero-order valence-electron chi connectivity index (χ0n) is 14.3. The zero-order valence-corrected chi connectivity index (χ0v) is 16.7. The number of aromatic nitrogens is 2. The molecule has 0 amide bonds. The number of nitrogens with zero attached hydrogens (tertiary/aromatic N) is 3. The fourth-order valence-electron chi connectivity index (χ4n) is 2.68. The lowest BCUT2D eigenvalue weighted by Crippen LogP contribution is -2.42. The second-order valence-corrected chi connectivity index (χ2v) is 8.41. The van der Waals surface area contributed by atoms with Crippen molar-refractivity contribution in [2.75, 3.05) is 17.5 Å². The molecular formula is C16H20BrN3O4S. The van der Waals surface area contributed by atoms with Gasteiger partial charge >= 0.3 is 0 Å². The van der Waals surface area contributed by atoms with Crippen LogP contribution >= 0.6 is 15.9 Å². The normalized spacial score (nSPS) is 17.1. The molecule has 25 heavy (non-hydrogen) atoms. The van der Waals surface area contributed by atoms with Crippen molar-refractivity contribution in [3.63, 3.8) is 0 Å². The summed E-state index contributed by atoms with van der Waals surface area (Å²) in [5.41, 5.74) is 0.499. The first-order valence-electron chi connectivity index (χ1n) is 8.06. The predicted molar refractivity (Wildman–Crippen MR) is 97.8 cm³/mol. The summed E-state index contributed by atoms with van der Waals surface area (Å²) >= 11 is 3.39. The van der Waals surface area contributed by atoms with Crippen molar-refractivity contribution >= 4 is 31.6 Å². The highest BCUT2D eigenvalue weighted by Gasteiger charge is 2.36. The summed E-state index contributed by atoms with van der Waals surface area (Å²) < 4.78 is 41.6. The van der Waals surface area contributed by atoms with Gasteiger partial charge in [-0.05, 0) is 39.0 Å². The first-order chi connectivity index (χ1) is 11.9. The van der Waals surface area contributed by atoms with Crippen LogP contribution in [0, 0.1) is 0 Å². The van der Waals surface area contributed by atoms with Crippen LogP contribution in [0.1, 0.15) is 20.8 Å². The number of halogens is 1. The SMILES string of the molecule is CCOc1nn(CC)cc1S(=O)(=O)N1C[C@H](C)Oc2ccc(Br)cc21. The van der Waals surface area contributed by atoms with Crippen molar-refractivity contribution in [3.8, 4) is 11.6 Å². The van der Waals surface area contributed by atoms with Gasteiger partial charge in [0.2, 0.25) is 0 Å². The van der Waals surface area contributed by atoms with E-state index in [2.05, 4.69) is 21.0 Å². The largest absolute Gasteiger partial charge is 0.487 e. The Hall–Kier alpha value is -1.74. The van der Waals surface area contributed by atoms with Crippen molar-refractivity contribution in [2.24, 2.45) is 0 Å². The predicted octanol–water partition coefficient (Wildman–Crippen LogP) is 3.04. The molecule has 0 N–H and O–H groups in total. The minimum absolute atomic E-state index is 0.0659. The van der Waals surface area contributed by atoms with Gasteiger partial charge in [0.25, 0.3) is 15.9 Å². The standard InChI is InChI=1S/C16H20BrN3O4S/c1-4-19-10-15(16(18-19)23-5-2)25(21,22)20-9-11(3)24-14-7-6-12(17)8-13(14)20/h6-8,10-11H,4-5,9H2,1-3H3/t11-/m0/s1. The molecule has 0 saturated carbocycles. The molecule has 0 saturated heterocycles. The van der Waals surface area contributed by atoms with Gasteiger partial charge in [0.15, 0.2) is 4.90 Å². The van der Waals surface area contributed by atoms with Crippen molar-refractivity contribution in [1.29, 1.82) is 0 Å². The molecule has 7 nitrogen and oxygen atoms in total. The molecule has 0 radical (unpaired) electrons. The molecule has 1 aromatic heterocycles. The molecule has 9 heteroatoms. The third-order valence-electron chi connectivity index (χ3n) is 3.81. The van der Waals surface area contributed by atoms with Gasteiger partial charge in [0, 0.05) is 17.2 Å². The average Bonchev–Trinajstić information content (AvgIpc) is 2.99. The maximum Gasteiger partial charge on any atom is 0.271 e. The monoisotopic (exact) mass is 429 g/mol. The summed E-state index contributed by atoms with van der Waals surface area (Å²) in [6, 6.07) is 5.32. The zero-order chi connectivity index (χ0) is 18.2. The highest BCUT2D eigenvalue weighted by atomic mass is 79.9. The summed E-state index contributed by atoms with van der Waals surface area (Å²) in [5.74, 6) is 0.659. The fourth-order valence-corrected chi connectivity index (χ4v) is 4.65. The Bertz CT molecular complexity index is 882. The third kappa shape index (κ3) is 3.35. The quantitative estimate of drug-likeness (QED) is 0.729. The van der Waals surface area contributed by atoms with Crippen LogP contribution in [0.5, 0.6) is 11.6 Å². The first kappa shape index (κ1) is 18.1. The van der Waals surface area contributed by atoms with Gasteiger partial charge < -0.3 is 9.47 Å². The highest BCUT2D eigenvalue weighted by molar-refractivity contribution is 9.10. The Kier molecular flexibility index (Phi) is 4.97. The number of hydrogen-bond acceptors (Lipinski definition) is 5. The van der Waals surface area contributed by atoms with E-state index >= 15 is 0 Å². The molecule has 0 bridgehead atoms. The van der Waals surface area contributed by atoms with Crippen molar-refractivity contribution in [3.05, 3.63) is 28.9 Å². The van der Waals surface area contributed by atoms with Gasteiger partial charge in [-0.2, -0.15) is 0 Å². The number of rotatable bonds is 5. The molecule has 3 rings (SSSR count). The van der Waals surface area contributed by atoms with E-state index in [1.807, 2.05) is 19.9 Å². The molecular weight excluding hydrogens is 410 g/mol. The molecule has 2 heterocycles. The maximum absolute atomic E-state index is 13.4. The summed E-state index contributed by atoms with van der Waals surface area (Å²) in [4.78, 5) is 0.0659. The number of anilines is 1. The van der Waals surface area contributed by atoms with Crippen LogP contribution in [0.3, 0.4) is 0 Å². The first-order valence-corrected chi connectivity index (χ1v) is 10.3. The minimum Gasteiger partial charge on any atom is -0.487 e. The number of aryl methyl sites for hydroxylation is 1. The van der Waals surface area contributed by atoms with Crippen LogP contribution in [-0.4, -0.2) is 37.5 Å². The Balaban J connectivity index is 2.12. The minimum atomic E-state index is -3.84. The van der Waals surface area contributed by atoms with Gasteiger partial charge in [0.05, 0.1) is 18.8 Å². The van der Waals surface area contributed by atoms with E-state index in [0.717, 1.165) is 4.47 Å². The van der Waals surface area contributed by atoms with Gasteiger partial charge in [0.1, 0.15) is 11.9 Å². The van der Waals surface area contributed by atoms with Crippen LogP contribution in [0.25, 0.3) is 0 Å². The Morgan fingerprint density at radius 2 is 2.16 bits per heavy atom. The Labute approximate surface area is 155 Å². The smallest absolute Gasteiger partial charge is 0.271 e. The van der Waals surface area contributed by atoms with Crippen molar-refractivity contribution in [2.45, 2.75) is 38.3 Å². The molecule has 0 aliphatic carbocycles. The van der Waals surface area contributed by atoms with E-state index in [-0.39, 0.29) is 23.4 Å². The van der Waals surface area contributed by atoms with E-state index < -0.39 is 10.0 Å².